The van der Waals surface area contributed by atoms with E-state index in [-0.39, 0.29) is 27.9 Å². The summed E-state index contributed by atoms with van der Waals surface area (Å²) in [6, 6.07) is 0. The Hall–Kier alpha value is -0.630. The van der Waals surface area contributed by atoms with Crippen molar-refractivity contribution in [1.29, 1.82) is 0 Å². The minimum absolute atomic E-state index is 0.159. The maximum atomic E-state index is 10.5. The van der Waals surface area contributed by atoms with E-state index in [0.717, 1.165) is 0 Å². The first-order valence-electron chi connectivity index (χ1n) is 3.62. The van der Waals surface area contributed by atoms with E-state index in [1.165, 1.54) is 0 Å². The van der Waals surface area contributed by atoms with Gasteiger partial charge in [0.05, 0.1) is 0 Å². The van der Waals surface area contributed by atoms with E-state index in [0.29, 0.717) is 0 Å². The van der Waals surface area contributed by atoms with Crippen LogP contribution in [0.1, 0.15) is 6.42 Å². The monoisotopic (exact) mass is 214 g/mol. The molecule has 0 heterocycles. The number of rotatable bonds is 5. The van der Waals surface area contributed by atoms with Crippen molar-refractivity contribution < 1.29 is 34.8 Å². The van der Waals surface area contributed by atoms with Crippen LogP contribution in [-0.4, -0.2) is 71.9 Å². The Morgan fingerprint density at radius 3 is 1.86 bits per heavy atom. The molecular weight excluding hydrogens is 207 g/mol. The third kappa shape index (κ3) is 2.95. The normalized spacial score (nSPS) is 16.8. The predicted molar refractivity (Wildman–Crippen MR) is 42.0 cm³/mol. The van der Waals surface area contributed by atoms with E-state index >= 15 is 0 Å². The van der Waals surface area contributed by atoms with Gasteiger partial charge in [-0.15, -0.1) is 0 Å². The molecule has 0 aliphatic rings. The Bertz CT molecular complexity index is 275. The van der Waals surface area contributed by atoms with Crippen LogP contribution in [0.4, 0.5) is 0 Å². The minimum atomic E-state index is -2.72. The van der Waals surface area contributed by atoms with Crippen LogP contribution in [0.25, 0.3) is 0 Å². The van der Waals surface area contributed by atoms with E-state index in [1.807, 2.05) is 0 Å². The average molecular weight is 214 g/mol. The zero-order valence-corrected chi connectivity index (χ0v) is 9.30. The van der Waals surface area contributed by atoms with Crippen LogP contribution in [-0.2, 0) is 14.4 Å². The van der Waals surface area contributed by atoms with Crippen molar-refractivity contribution in [2.45, 2.75) is 15.2 Å². The number of aliphatic hydroxyl groups is 1. The zero-order valence-electron chi connectivity index (χ0n) is 7.30. The summed E-state index contributed by atoms with van der Waals surface area (Å²) in [4.78, 5) is 31.2. The van der Waals surface area contributed by atoms with Gasteiger partial charge in [0, 0.05) is 0 Å². The van der Waals surface area contributed by atoms with Gasteiger partial charge in [0.15, 0.2) is 0 Å². The summed E-state index contributed by atoms with van der Waals surface area (Å²) in [7, 11) is 0. The Morgan fingerprint density at radius 1 is 1.21 bits per heavy atom. The third-order valence-electron chi connectivity index (χ3n) is 1.88. The van der Waals surface area contributed by atoms with Crippen LogP contribution < -0.4 is 0 Å². The van der Waals surface area contributed by atoms with Gasteiger partial charge in [-0.3, -0.25) is 0 Å². The molecule has 0 bridgehead atoms. The van der Waals surface area contributed by atoms with Gasteiger partial charge in [0.2, 0.25) is 0 Å². The van der Waals surface area contributed by atoms with E-state index in [1.54, 1.807) is 0 Å². The molecule has 0 aliphatic carbocycles. The Morgan fingerprint density at radius 2 is 1.64 bits per heavy atom. The molecule has 0 saturated carbocycles. The number of carboxylic acid groups (broad SMARTS) is 3. The second-order valence-corrected chi connectivity index (χ2v) is 4.01. The molecule has 4 N–H and O–H groups in total. The van der Waals surface area contributed by atoms with E-state index in [4.69, 9.17) is 15.3 Å². The predicted octanol–water partition coefficient (Wildman–Crippen LogP) is -1.68. The molecule has 0 aliphatic heterocycles. The molecule has 0 aromatic rings. The van der Waals surface area contributed by atoms with Crippen LogP contribution in [0.5, 0.6) is 0 Å². The van der Waals surface area contributed by atoms with Crippen LogP contribution >= 0.6 is 0 Å². The van der Waals surface area contributed by atoms with Gasteiger partial charge in [-0.05, 0) is 0 Å². The molecule has 0 spiro atoms. The SMILES string of the molecule is O=C(O)CC(O)(C(=O)O)[CH]([Na])C(=O)O. The van der Waals surface area contributed by atoms with Crippen molar-refractivity contribution in [2.24, 2.45) is 0 Å². The van der Waals surface area contributed by atoms with Gasteiger partial charge in [0.1, 0.15) is 0 Å². The Labute approximate surface area is 95.8 Å². The molecule has 14 heavy (non-hydrogen) atoms. The van der Waals surface area contributed by atoms with Gasteiger partial charge < -0.3 is 0 Å². The number of hydrogen-bond acceptors (Lipinski definition) is 4. The van der Waals surface area contributed by atoms with Gasteiger partial charge in [-0.25, -0.2) is 0 Å². The van der Waals surface area contributed by atoms with E-state index < -0.39 is 33.1 Å². The first kappa shape index (κ1) is 13.4. The molecule has 74 valence electrons. The van der Waals surface area contributed by atoms with Crippen molar-refractivity contribution in [1.82, 2.24) is 0 Å². The molecule has 0 amide bonds. The fraction of sp³-hybridized carbons (Fsp3) is 0.500. The summed E-state index contributed by atoms with van der Waals surface area (Å²) in [5.41, 5.74) is -2.72. The van der Waals surface area contributed by atoms with Crippen LogP contribution in [0.2, 0.25) is 3.17 Å². The molecule has 0 rings (SSSR count). The molecule has 0 radical (unpaired) electrons. The van der Waals surface area contributed by atoms with Gasteiger partial charge in [-0.2, -0.15) is 0 Å². The Balaban J connectivity index is 4.99. The first-order chi connectivity index (χ1) is 6.21. The fourth-order valence-electron chi connectivity index (χ4n) is 0.849. The number of hydrogen-bond donors (Lipinski definition) is 4. The summed E-state index contributed by atoms with van der Waals surface area (Å²) in [6.07, 6.45) is -1.12. The quantitative estimate of drug-likeness (QED) is 0.401. The van der Waals surface area contributed by atoms with E-state index in [9.17, 15) is 19.5 Å². The summed E-state index contributed by atoms with van der Waals surface area (Å²) < 4.78 is -1.56. The Kier molecular flexibility index (Phi) is 4.53. The standard InChI is InChI=1S/C6H7O7.Na/c7-3(8)1-6(13,5(11)12)2-4(9)10;/h1,13H,2H2,(H,7,8)(H,9,10)(H,11,12);. The second-order valence-electron chi connectivity index (χ2n) is 2.86. The van der Waals surface area contributed by atoms with Crippen molar-refractivity contribution in [3.63, 3.8) is 0 Å². The number of aliphatic carboxylic acids is 3. The molecule has 0 fully saturated rings. The fourth-order valence-corrected chi connectivity index (χ4v) is 1.30. The number of carboxylic acids is 3. The van der Waals surface area contributed by atoms with Gasteiger partial charge in [-0.1, -0.05) is 0 Å². The second kappa shape index (κ2) is 4.74. The summed E-state index contributed by atoms with van der Waals surface area (Å²) in [5, 5.41) is 34.7. The molecule has 2 unspecified atom stereocenters. The average Bonchev–Trinajstić information content (AvgIpc) is 2.00. The first-order valence-corrected chi connectivity index (χ1v) is 4.77. The van der Waals surface area contributed by atoms with Gasteiger partial charge in [0.25, 0.3) is 0 Å². The van der Waals surface area contributed by atoms with Gasteiger partial charge >= 0.3 is 95.8 Å². The molecule has 2 atom stereocenters. The zero-order chi connectivity index (χ0) is 11.5. The van der Waals surface area contributed by atoms with Crippen LogP contribution in [0.3, 0.4) is 0 Å². The molecule has 7 nitrogen and oxygen atoms in total. The van der Waals surface area contributed by atoms with Crippen LogP contribution in [0, 0.1) is 0 Å². The van der Waals surface area contributed by atoms with Crippen LogP contribution in [0.15, 0.2) is 0 Å². The summed E-state index contributed by atoms with van der Waals surface area (Å²) in [5.74, 6) is -4.90. The third-order valence-corrected chi connectivity index (χ3v) is 3.33. The molecular formula is C6H7NaO7. The van der Waals surface area contributed by atoms with Crippen molar-refractivity contribution in [3.8, 4) is 0 Å². The van der Waals surface area contributed by atoms with Crippen molar-refractivity contribution >= 4 is 45.8 Å². The maximum absolute atomic E-state index is 10.5. The topological polar surface area (TPSA) is 132 Å². The molecule has 0 aromatic heterocycles. The molecule has 8 heteroatoms. The van der Waals surface area contributed by atoms with Crippen molar-refractivity contribution in [3.05, 3.63) is 0 Å². The molecule has 0 saturated heterocycles. The summed E-state index contributed by atoms with van der Waals surface area (Å²) in [6.45, 7) is 0. The van der Waals surface area contributed by atoms with Crippen molar-refractivity contribution in [2.75, 3.05) is 0 Å². The molecule has 0 aromatic carbocycles. The summed E-state index contributed by atoms with van der Waals surface area (Å²) >= 11 is -0.159. The van der Waals surface area contributed by atoms with E-state index in [2.05, 4.69) is 0 Å². The number of carbonyl (C=O) groups is 3.